The lowest BCUT2D eigenvalue weighted by molar-refractivity contribution is -0.136. The number of para-hydroxylation sites is 1. The van der Waals surface area contributed by atoms with E-state index < -0.39 is 5.97 Å². The Kier molecular flexibility index (Phi) is 4.57. The highest BCUT2D eigenvalue weighted by molar-refractivity contribution is 5.91. The minimum Gasteiger partial charge on any atom is -0.481 e. The summed E-state index contributed by atoms with van der Waals surface area (Å²) in [6.45, 7) is 1.21. The van der Waals surface area contributed by atoms with Crippen LogP contribution in [0.5, 0.6) is 0 Å². The summed E-state index contributed by atoms with van der Waals surface area (Å²) in [6.07, 6.45) is 0.702. The Labute approximate surface area is 117 Å². The number of nitrogens with zero attached hydrogens (tertiary/aromatic N) is 1. The van der Waals surface area contributed by atoms with Crippen molar-refractivity contribution in [3.63, 3.8) is 0 Å². The van der Waals surface area contributed by atoms with Gasteiger partial charge in [-0.15, -0.1) is 0 Å². The molecular weight excluding hydrogens is 260 g/mol. The van der Waals surface area contributed by atoms with Gasteiger partial charge in [0.15, 0.2) is 0 Å². The summed E-state index contributed by atoms with van der Waals surface area (Å²) in [5.74, 6) is -0.927. The molecule has 6 heteroatoms. The molecule has 0 radical (unpaired) electrons. The van der Waals surface area contributed by atoms with Crippen molar-refractivity contribution in [1.29, 1.82) is 0 Å². The van der Waals surface area contributed by atoms with Crippen LogP contribution in [0, 0.1) is 0 Å². The number of carboxylic acids is 1. The van der Waals surface area contributed by atoms with Crippen LogP contribution < -0.4 is 5.32 Å². The lowest BCUT2D eigenvalue weighted by atomic mass is 10.1. The molecule has 0 saturated carbocycles. The van der Waals surface area contributed by atoms with E-state index in [9.17, 15) is 9.59 Å². The molecule has 2 N–H and O–H groups in total. The van der Waals surface area contributed by atoms with Crippen molar-refractivity contribution in [1.82, 2.24) is 4.90 Å². The second-order valence-corrected chi connectivity index (χ2v) is 4.79. The number of likely N-dealkylation sites (N-methyl/N-ethyl adjacent to an activating group) is 1. The van der Waals surface area contributed by atoms with E-state index in [-0.39, 0.29) is 18.5 Å². The maximum absolute atomic E-state index is 12.1. The minimum atomic E-state index is -0.927. The van der Waals surface area contributed by atoms with Crippen LogP contribution in [0.15, 0.2) is 24.3 Å². The molecule has 1 aliphatic heterocycles. The molecular formula is C14H18N2O4. The summed E-state index contributed by atoms with van der Waals surface area (Å²) < 4.78 is 5.26. The van der Waals surface area contributed by atoms with Crippen LogP contribution in [0.3, 0.4) is 0 Å². The normalized spacial score (nSPS) is 17.8. The molecule has 1 saturated heterocycles. The quantitative estimate of drug-likeness (QED) is 0.876. The molecule has 1 aromatic rings. The first-order chi connectivity index (χ1) is 9.58. The highest BCUT2D eigenvalue weighted by Gasteiger charge is 2.24. The van der Waals surface area contributed by atoms with Crippen LogP contribution in [-0.4, -0.2) is 48.3 Å². The highest BCUT2D eigenvalue weighted by Crippen LogP contribution is 2.18. The van der Waals surface area contributed by atoms with Crippen molar-refractivity contribution in [2.24, 2.45) is 0 Å². The third kappa shape index (κ3) is 3.48. The third-order valence-electron chi connectivity index (χ3n) is 3.37. The molecule has 108 valence electrons. The monoisotopic (exact) mass is 278 g/mol. The topological polar surface area (TPSA) is 78.9 Å². The summed E-state index contributed by atoms with van der Waals surface area (Å²) >= 11 is 0. The number of rotatable bonds is 4. The molecule has 2 amide bonds. The van der Waals surface area contributed by atoms with Crippen LogP contribution in [0.2, 0.25) is 0 Å². The maximum atomic E-state index is 12.1. The number of nitrogens with one attached hydrogen (secondary N) is 1. The number of ether oxygens (including phenoxy) is 1. The van der Waals surface area contributed by atoms with E-state index in [1.165, 1.54) is 0 Å². The fourth-order valence-electron chi connectivity index (χ4n) is 2.16. The Hall–Kier alpha value is -2.08. The molecule has 0 bridgehead atoms. The summed E-state index contributed by atoms with van der Waals surface area (Å²) in [7, 11) is 1.72. The first-order valence-corrected chi connectivity index (χ1v) is 6.49. The Balaban J connectivity index is 2.05. The van der Waals surface area contributed by atoms with Gasteiger partial charge < -0.3 is 20.1 Å². The fourth-order valence-corrected chi connectivity index (χ4v) is 2.16. The number of benzene rings is 1. The van der Waals surface area contributed by atoms with Gasteiger partial charge in [-0.3, -0.25) is 4.79 Å². The standard InChI is InChI=1S/C14H18N2O4/c1-16(11-6-7-20-9-11)14(19)15-12-5-3-2-4-10(12)8-13(17)18/h2-5,11H,6-9H2,1H3,(H,15,19)(H,17,18). The molecule has 1 fully saturated rings. The Morgan fingerprint density at radius 2 is 2.20 bits per heavy atom. The molecule has 0 aliphatic carbocycles. The van der Waals surface area contributed by atoms with E-state index in [1.54, 1.807) is 36.2 Å². The molecule has 1 atom stereocenters. The summed E-state index contributed by atoms with van der Waals surface area (Å²) in [6, 6.07) is 6.74. The van der Waals surface area contributed by atoms with Crippen molar-refractivity contribution in [3.8, 4) is 0 Å². The largest absolute Gasteiger partial charge is 0.481 e. The van der Waals surface area contributed by atoms with Crippen molar-refractivity contribution in [3.05, 3.63) is 29.8 Å². The molecule has 0 spiro atoms. The van der Waals surface area contributed by atoms with E-state index in [1.807, 2.05) is 0 Å². The molecule has 20 heavy (non-hydrogen) atoms. The van der Waals surface area contributed by atoms with Crippen LogP contribution >= 0.6 is 0 Å². The van der Waals surface area contributed by atoms with Gasteiger partial charge in [-0.2, -0.15) is 0 Å². The molecule has 2 rings (SSSR count). The van der Waals surface area contributed by atoms with Gasteiger partial charge in [0.1, 0.15) is 0 Å². The predicted molar refractivity (Wildman–Crippen MR) is 73.8 cm³/mol. The number of hydrogen-bond acceptors (Lipinski definition) is 3. The van der Waals surface area contributed by atoms with Gasteiger partial charge in [-0.25, -0.2) is 4.79 Å². The average Bonchev–Trinajstić information content (AvgIpc) is 2.93. The van der Waals surface area contributed by atoms with Crippen LogP contribution in [0.4, 0.5) is 10.5 Å². The molecule has 1 aliphatic rings. The summed E-state index contributed by atoms with van der Waals surface area (Å²) in [5.41, 5.74) is 1.12. The predicted octanol–water partition coefficient (Wildman–Crippen LogP) is 1.57. The van der Waals surface area contributed by atoms with Crippen molar-refractivity contribution >= 4 is 17.7 Å². The van der Waals surface area contributed by atoms with Crippen molar-refractivity contribution < 1.29 is 19.4 Å². The van der Waals surface area contributed by atoms with Crippen molar-refractivity contribution in [2.45, 2.75) is 18.9 Å². The Morgan fingerprint density at radius 3 is 2.85 bits per heavy atom. The van der Waals surface area contributed by atoms with Crippen molar-refractivity contribution in [2.75, 3.05) is 25.6 Å². The van der Waals surface area contributed by atoms with Gasteiger partial charge in [-0.05, 0) is 18.1 Å². The second kappa shape index (κ2) is 6.38. The molecule has 1 unspecified atom stereocenters. The minimum absolute atomic E-state index is 0.0710. The Morgan fingerprint density at radius 1 is 1.45 bits per heavy atom. The van der Waals surface area contributed by atoms with E-state index in [0.717, 1.165) is 6.42 Å². The van der Waals surface area contributed by atoms with Gasteiger partial charge in [0.25, 0.3) is 0 Å². The lowest BCUT2D eigenvalue weighted by Gasteiger charge is -2.24. The van der Waals surface area contributed by atoms with Gasteiger partial charge in [0.05, 0.1) is 19.1 Å². The van der Waals surface area contributed by atoms with Gasteiger partial charge in [0, 0.05) is 19.3 Å². The number of amides is 2. The number of carbonyl (C=O) groups is 2. The third-order valence-corrected chi connectivity index (χ3v) is 3.37. The zero-order valence-corrected chi connectivity index (χ0v) is 11.3. The first-order valence-electron chi connectivity index (χ1n) is 6.49. The summed E-state index contributed by atoms with van der Waals surface area (Å²) in [4.78, 5) is 24.6. The number of anilines is 1. The number of urea groups is 1. The molecule has 1 aromatic carbocycles. The SMILES string of the molecule is CN(C(=O)Nc1ccccc1CC(=O)O)C1CCOC1. The van der Waals surface area contributed by atoms with Crippen LogP contribution in [0.1, 0.15) is 12.0 Å². The van der Waals surface area contributed by atoms with Gasteiger partial charge in [0.2, 0.25) is 0 Å². The second-order valence-electron chi connectivity index (χ2n) is 4.79. The first kappa shape index (κ1) is 14.3. The number of hydrogen-bond donors (Lipinski definition) is 2. The molecule has 1 heterocycles. The smallest absolute Gasteiger partial charge is 0.321 e. The number of carbonyl (C=O) groups excluding carboxylic acids is 1. The average molecular weight is 278 g/mol. The van der Waals surface area contributed by atoms with E-state index in [4.69, 9.17) is 9.84 Å². The highest BCUT2D eigenvalue weighted by atomic mass is 16.5. The van der Waals surface area contributed by atoms with Crippen LogP contribution in [-0.2, 0) is 16.0 Å². The van der Waals surface area contributed by atoms with E-state index in [2.05, 4.69) is 5.32 Å². The number of aliphatic carboxylic acids is 1. The maximum Gasteiger partial charge on any atom is 0.321 e. The van der Waals surface area contributed by atoms with E-state index >= 15 is 0 Å². The van der Waals surface area contributed by atoms with Gasteiger partial charge in [-0.1, -0.05) is 18.2 Å². The summed E-state index contributed by atoms with van der Waals surface area (Å²) in [5, 5.41) is 11.6. The Bertz CT molecular complexity index is 498. The number of carboxylic acid groups (broad SMARTS) is 1. The molecule has 6 nitrogen and oxygen atoms in total. The van der Waals surface area contributed by atoms with Gasteiger partial charge >= 0.3 is 12.0 Å². The zero-order valence-electron chi connectivity index (χ0n) is 11.3. The zero-order chi connectivity index (χ0) is 14.5. The van der Waals surface area contributed by atoms with E-state index in [0.29, 0.717) is 24.5 Å². The lowest BCUT2D eigenvalue weighted by Crippen LogP contribution is -2.40. The molecule has 0 aromatic heterocycles. The fraction of sp³-hybridized carbons (Fsp3) is 0.429. The van der Waals surface area contributed by atoms with Crippen LogP contribution in [0.25, 0.3) is 0 Å².